The summed E-state index contributed by atoms with van der Waals surface area (Å²) in [7, 11) is 0. The van der Waals surface area contributed by atoms with Crippen LogP contribution in [-0.2, 0) is 9.53 Å². The molecule has 1 aromatic carbocycles. The molecule has 6 nitrogen and oxygen atoms in total. The molecule has 140 valence electrons. The van der Waals surface area contributed by atoms with Gasteiger partial charge in [0.05, 0.1) is 18.2 Å². The van der Waals surface area contributed by atoms with Gasteiger partial charge in [-0.2, -0.15) is 11.8 Å². The van der Waals surface area contributed by atoms with Gasteiger partial charge in [-0.25, -0.2) is 9.59 Å². The highest BCUT2D eigenvalue weighted by Gasteiger charge is 2.34. The third-order valence-corrected chi connectivity index (χ3v) is 5.75. The lowest BCUT2D eigenvalue weighted by Gasteiger charge is -2.33. The summed E-state index contributed by atoms with van der Waals surface area (Å²) in [5.41, 5.74) is 1.94. The summed E-state index contributed by atoms with van der Waals surface area (Å²) < 4.78 is 6.18. The third kappa shape index (κ3) is 4.61. The summed E-state index contributed by atoms with van der Waals surface area (Å²) in [6.45, 7) is 4.48. The fourth-order valence-corrected chi connectivity index (χ4v) is 4.51. The highest BCUT2D eigenvalue weighted by Crippen LogP contribution is 2.30. The van der Waals surface area contributed by atoms with Crippen molar-refractivity contribution in [3.05, 3.63) is 45.6 Å². The second-order valence-corrected chi connectivity index (χ2v) is 8.23. The lowest BCUT2D eigenvalue weighted by atomic mass is 9.95. The van der Waals surface area contributed by atoms with Crippen LogP contribution in [0.5, 0.6) is 0 Å². The van der Waals surface area contributed by atoms with Crippen LogP contribution < -0.4 is 10.6 Å². The van der Waals surface area contributed by atoms with Crippen molar-refractivity contribution in [3.63, 3.8) is 0 Å². The zero-order valence-electron chi connectivity index (χ0n) is 14.6. The average Bonchev–Trinajstić information content (AvgIpc) is 2.62. The second kappa shape index (κ2) is 8.92. The van der Waals surface area contributed by atoms with Crippen molar-refractivity contribution in [3.8, 4) is 0 Å². The number of thioether (sulfide) groups is 1. The molecule has 0 aliphatic carbocycles. The van der Waals surface area contributed by atoms with Crippen molar-refractivity contribution < 1.29 is 14.3 Å². The fourth-order valence-electron chi connectivity index (χ4n) is 3.11. The highest BCUT2D eigenvalue weighted by molar-refractivity contribution is 9.10. The molecule has 3 rings (SSSR count). The molecule has 0 aromatic heterocycles. The summed E-state index contributed by atoms with van der Waals surface area (Å²) in [6.07, 6.45) is 0. The third-order valence-electron chi connectivity index (χ3n) is 4.32. The van der Waals surface area contributed by atoms with E-state index in [2.05, 4.69) is 31.5 Å². The van der Waals surface area contributed by atoms with Crippen LogP contribution in [0.3, 0.4) is 0 Å². The van der Waals surface area contributed by atoms with E-state index in [0.29, 0.717) is 17.8 Å². The van der Waals surface area contributed by atoms with Crippen LogP contribution in [0.15, 0.2) is 40.0 Å². The maximum Gasteiger partial charge on any atom is 0.338 e. The Labute approximate surface area is 165 Å². The molecule has 1 fully saturated rings. The van der Waals surface area contributed by atoms with E-state index in [-0.39, 0.29) is 12.6 Å². The molecule has 26 heavy (non-hydrogen) atoms. The van der Waals surface area contributed by atoms with E-state index in [1.165, 1.54) is 0 Å². The number of amides is 2. The van der Waals surface area contributed by atoms with E-state index in [0.717, 1.165) is 34.6 Å². The van der Waals surface area contributed by atoms with Crippen molar-refractivity contribution in [1.29, 1.82) is 0 Å². The van der Waals surface area contributed by atoms with Gasteiger partial charge in [-0.1, -0.05) is 28.1 Å². The molecule has 1 atom stereocenters. The minimum atomic E-state index is -0.533. The summed E-state index contributed by atoms with van der Waals surface area (Å²) in [6, 6.07) is 6.77. The molecule has 8 heteroatoms. The molecule has 0 spiro atoms. The van der Waals surface area contributed by atoms with Gasteiger partial charge in [-0.05, 0) is 24.6 Å². The Morgan fingerprint density at radius 2 is 2.15 bits per heavy atom. The Bertz CT molecular complexity index is 719. The van der Waals surface area contributed by atoms with E-state index >= 15 is 0 Å². The average molecular weight is 440 g/mol. The Hall–Kier alpha value is -1.51. The van der Waals surface area contributed by atoms with E-state index in [1.54, 1.807) is 6.92 Å². The van der Waals surface area contributed by atoms with Crippen LogP contribution in [0.4, 0.5) is 4.79 Å². The zero-order chi connectivity index (χ0) is 18.5. The maximum atomic E-state index is 12.7. The van der Waals surface area contributed by atoms with Crippen LogP contribution in [0.25, 0.3) is 0 Å². The minimum Gasteiger partial charge on any atom is -0.463 e. The lowest BCUT2D eigenvalue weighted by molar-refractivity contribution is -0.139. The van der Waals surface area contributed by atoms with E-state index < -0.39 is 12.0 Å². The highest BCUT2D eigenvalue weighted by atomic mass is 79.9. The van der Waals surface area contributed by atoms with Gasteiger partial charge < -0.3 is 15.4 Å². The number of rotatable bonds is 5. The number of nitrogens with zero attached hydrogens (tertiary/aromatic N) is 1. The first-order valence-corrected chi connectivity index (χ1v) is 10.6. The number of urea groups is 1. The predicted octanol–water partition coefficient (Wildman–Crippen LogP) is 2.67. The molecule has 2 aliphatic heterocycles. The first-order chi connectivity index (χ1) is 12.6. The Balaban J connectivity index is 1.98. The van der Waals surface area contributed by atoms with Crippen molar-refractivity contribution in [1.82, 2.24) is 15.5 Å². The standard InChI is InChI=1S/C18H22BrN3O3S/c1-2-25-17(23)15-14(11-22-6-8-26-9-7-22)20-18(24)21-16(15)12-4-3-5-13(19)10-12/h3-5,10,16H,2,6-9,11H2,1H3,(H2,20,21,24)/t16-/m0/s1. The number of hydrogen-bond acceptors (Lipinski definition) is 5. The summed E-state index contributed by atoms with van der Waals surface area (Å²) in [4.78, 5) is 27.2. The smallest absolute Gasteiger partial charge is 0.338 e. The Morgan fingerprint density at radius 1 is 1.38 bits per heavy atom. The Kier molecular flexibility index (Phi) is 6.61. The molecule has 1 aromatic rings. The van der Waals surface area contributed by atoms with Gasteiger partial charge in [0.15, 0.2) is 0 Å². The number of halogens is 1. The summed E-state index contributed by atoms with van der Waals surface area (Å²) in [5, 5.41) is 5.70. The molecule has 2 aliphatic rings. The molecule has 0 radical (unpaired) electrons. The summed E-state index contributed by atoms with van der Waals surface area (Å²) in [5.74, 6) is 1.72. The Morgan fingerprint density at radius 3 is 2.85 bits per heavy atom. The van der Waals surface area contributed by atoms with Crippen LogP contribution in [0.2, 0.25) is 0 Å². The predicted molar refractivity (Wildman–Crippen MR) is 106 cm³/mol. The topological polar surface area (TPSA) is 70.7 Å². The van der Waals surface area contributed by atoms with Crippen molar-refractivity contribution in [2.45, 2.75) is 13.0 Å². The number of hydrogen-bond donors (Lipinski definition) is 2. The van der Waals surface area contributed by atoms with Crippen LogP contribution in [0, 0.1) is 0 Å². The fraction of sp³-hybridized carbons (Fsp3) is 0.444. The SMILES string of the molecule is CCOC(=O)C1=C(CN2CCSCC2)NC(=O)N[C@H]1c1cccc(Br)c1. The normalized spacial score (nSPS) is 21.2. The van der Waals surface area contributed by atoms with Crippen molar-refractivity contribution in [2.75, 3.05) is 37.7 Å². The van der Waals surface area contributed by atoms with Gasteiger partial charge in [0, 0.05) is 41.3 Å². The molecule has 2 heterocycles. The largest absolute Gasteiger partial charge is 0.463 e. The second-order valence-electron chi connectivity index (χ2n) is 6.09. The number of carbonyl (C=O) groups is 2. The molecule has 2 amide bonds. The van der Waals surface area contributed by atoms with E-state index in [4.69, 9.17) is 4.74 Å². The van der Waals surface area contributed by atoms with Crippen LogP contribution in [-0.4, -0.2) is 54.6 Å². The molecular weight excluding hydrogens is 418 g/mol. The van der Waals surface area contributed by atoms with Gasteiger partial charge in [0.2, 0.25) is 0 Å². The molecule has 1 saturated heterocycles. The lowest BCUT2D eigenvalue weighted by Crippen LogP contribution is -2.49. The monoisotopic (exact) mass is 439 g/mol. The quantitative estimate of drug-likeness (QED) is 0.690. The molecule has 0 unspecified atom stereocenters. The molecule has 0 saturated carbocycles. The zero-order valence-corrected chi connectivity index (χ0v) is 17.0. The number of nitrogens with one attached hydrogen (secondary N) is 2. The van der Waals surface area contributed by atoms with Crippen LogP contribution in [0.1, 0.15) is 18.5 Å². The van der Waals surface area contributed by atoms with Gasteiger partial charge in [-0.15, -0.1) is 0 Å². The van der Waals surface area contributed by atoms with E-state index in [9.17, 15) is 9.59 Å². The summed E-state index contributed by atoms with van der Waals surface area (Å²) >= 11 is 5.38. The number of benzene rings is 1. The van der Waals surface area contributed by atoms with Gasteiger partial charge >= 0.3 is 12.0 Å². The molecule has 2 N–H and O–H groups in total. The molecular formula is C18H22BrN3O3S. The van der Waals surface area contributed by atoms with Gasteiger partial charge in [0.25, 0.3) is 0 Å². The maximum absolute atomic E-state index is 12.7. The number of ether oxygens (including phenoxy) is 1. The van der Waals surface area contributed by atoms with Gasteiger partial charge in [-0.3, -0.25) is 4.90 Å². The van der Waals surface area contributed by atoms with Gasteiger partial charge in [0.1, 0.15) is 0 Å². The first kappa shape index (κ1) is 19.3. The van der Waals surface area contributed by atoms with Crippen molar-refractivity contribution in [2.24, 2.45) is 0 Å². The molecule has 0 bridgehead atoms. The first-order valence-electron chi connectivity index (χ1n) is 8.61. The number of carbonyl (C=O) groups excluding carboxylic acids is 2. The van der Waals surface area contributed by atoms with Crippen LogP contribution >= 0.6 is 27.7 Å². The van der Waals surface area contributed by atoms with E-state index in [1.807, 2.05) is 36.0 Å². The minimum absolute atomic E-state index is 0.287. The number of esters is 1. The van der Waals surface area contributed by atoms with Crippen molar-refractivity contribution >= 4 is 39.7 Å².